The van der Waals surface area contributed by atoms with E-state index in [1.54, 1.807) is 6.07 Å². The van der Waals surface area contributed by atoms with Crippen LogP contribution in [0.3, 0.4) is 0 Å². The maximum Gasteiger partial charge on any atom is 0.200 e. The summed E-state index contributed by atoms with van der Waals surface area (Å²) in [5.74, 6) is -1.15. The molecule has 0 radical (unpaired) electrons. The highest BCUT2D eigenvalue weighted by atomic mass is 16.3. The molecule has 0 saturated heterocycles. The molecule has 0 bridgehead atoms. The number of hydrogen-bond acceptors (Lipinski definition) is 5. The first kappa shape index (κ1) is 15.6. The SMILES string of the molecule is CCC(CC)(CO)CNCc1ccc(O)c(O)c1O. The minimum Gasteiger partial charge on any atom is -0.504 e. The predicted octanol–water partition coefficient (Wildman–Crippen LogP) is 1.69. The second kappa shape index (κ2) is 6.63. The Kier molecular flexibility index (Phi) is 5.44. The zero-order chi connectivity index (χ0) is 14.5. The molecular formula is C14H23NO4. The van der Waals surface area contributed by atoms with Crippen LogP contribution in [0.5, 0.6) is 17.2 Å². The maximum atomic E-state index is 9.68. The number of aromatic hydroxyl groups is 3. The van der Waals surface area contributed by atoms with Gasteiger partial charge in [-0.05, 0) is 18.9 Å². The number of aliphatic hydroxyl groups is 1. The molecule has 0 aliphatic rings. The summed E-state index contributed by atoms with van der Waals surface area (Å²) in [6, 6.07) is 2.89. The average Bonchev–Trinajstić information content (AvgIpc) is 2.44. The van der Waals surface area contributed by atoms with Crippen molar-refractivity contribution in [3.63, 3.8) is 0 Å². The van der Waals surface area contributed by atoms with Gasteiger partial charge in [-0.25, -0.2) is 0 Å². The lowest BCUT2D eigenvalue weighted by Gasteiger charge is -2.29. The van der Waals surface area contributed by atoms with E-state index in [9.17, 15) is 20.4 Å². The lowest BCUT2D eigenvalue weighted by molar-refractivity contribution is 0.113. The van der Waals surface area contributed by atoms with Gasteiger partial charge in [0.15, 0.2) is 11.5 Å². The molecule has 1 aromatic rings. The Hall–Kier alpha value is -1.46. The van der Waals surface area contributed by atoms with Crippen molar-refractivity contribution >= 4 is 0 Å². The standard InChI is InChI=1S/C14H23NO4/c1-3-14(4-2,9-16)8-15-7-10-5-6-11(17)13(19)12(10)18/h5-6,15-19H,3-4,7-9H2,1-2H3. The largest absolute Gasteiger partial charge is 0.504 e. The third kappa shape index (κ3) is 3.52. The van der Waals surface area contributed by atoms with Gasteiger partial charge in [-0.1, -0.05) is 19.9 Å². The van der Waals surface area contributed by atoms with Gasteiger partial charge in [-0.2, -0.15) is 0 Å². The van der Waals surface area contributed by atoms with E-state index in [0.717, 1.165) is 12.8 Å². The van der Waals surface area contributed by atoms with Crippen LogP contribution >= 0.6 is 0 Å². The highest BCUT2D eigenvalue weighted by molar-refractivity contribution is 5.52. The second-order valence-electron chi connectivity index (χ2n) is 4.91. The van der Waals surface area contributed by atoms with Gasteiger partial charge >= 0.3 is 0 Å². The fraction of sp³-hybridized carbons (Fsp3) is 0.571. The van der Waals surface area contributed by atoms with Gasteiger partial charge in [0, 0.05) is 30.7 Å². The van der Waals surface area contributed by atoms with Gasteiger partial charge in [-0.3, -0.25) is 0 Å². The van der Waals surface area contributed by atoms with Crippen LogP contribution < -0.4 is 5.32 Å². The van der Waals surface area contributed by atoms with E-state index in [-0.39, 0.29) is 23.5 Å². The van der Waals surface area contributed by atoms with E-state index < -0.39 is 5.75 Å². The van der Waals surface area contributed by atoms with Crippen molar-refractivity contribution in [1.29, 1.82) is 0 Å². The Morgan fingerprint density at radius 2 is 1.68 bits per heavy atom. The van der Waals surface area contributed by atoms with Crippen LogP contribution in [-0.2, 0) is 6.54 Å². The molecule has 0 unspecified atom stereocenters. The summed E-state index contributed by atoms with van der Waals surface area (Å²) in [6.45, 7) is 5.16. The number of phenols is 3. The molecule has 1 rings (SSSR count). The molecule has 1 aromatic carbocycles. The Morgan fingerprint density at radius 1 is 1.05 bits per heavy atom. The lowest BCUT2D eigenvalue weighted by atomic mass is 9.83. The van der Waals surface area contributed by atoms with E-state index in [1.165, 1.54) is 6.07 Å². The Labute approximate surface area is 113 Å². The van der Waals surface area contributed by atoms with E-state index >= 15 is 0 Å². The highest BCUT2D eigenvalue weighted by Gasteiger charge is 2.24. The molecule has 108 valence electrons. The smallest absolute Gasteiger partial charge is 0.200 e. The molecule has 0 atom stereocenters. The summed E-state index contributed by atoms with van der Waals surface area (Å²) in [7, 11) is 0. The molecule has 5 N–H and O–H groups in total. The van der Waals surface area contributed by atoms with Crippen LogP contribution in [0.2, 0.25) is 0 Å². The number of phenolic OH excluding ortho intramolecular Hbond substituents is 3. The molecule has 5 heteroatoms. The van der Waals surface area contributed by atoms with Crippen LogP contribution in [0.25, 0.3) is 0 Å². The van der Waals surface area contributed by atoms with Gasteiger partial charge in [-0.15, -0.1) is 0 Å². The molecule has 0 aromatic heterocycles. The monoisotopic (exact) mass is 269 g/mol. The van der Waals surface area contributed by atoms with E-state index in [2.05, 4.69) is 5.32 Å². The van der Waals surface area contributed by atoms with Gasteiger partial charge in [0.25, 0.3) is 0 Å². The number of aliphatic hydroxyl groups excluding tert-OH is 1. The van der Waals surface area contributed by atoms with Crippen molar-refractivity contribution in [2.75, 3.05) is 13.2 Å². The van der Waals surface area contributed by atoms with Crippen molar-refractivity contribution in [3.8, 4) is 17.2 Å². The number of hydrogen-bond donors (Lipinski definition) is 5. The topological polar surface area (TPSA) is 93.0 Å². The third-order valence-corrected chi connectivity index (χ3v) is 3.86. The van der Waals surface area contributed by atoms with Crippen LogP contribution in [-0.4, -0.2) is 33.6 Å². The quantitative estimate of drug-likeness (QED) is 0.486. The fourth-order valence-corrected chi connectivity index (χ4v) is 2.00. The third-order valence-electron chi connectivity index (χ3n) is 3.86. The molecule has 19 heavy (non-hydrogen) atoms. The van der Waals surface area contributed by atoms with Crippen molar-refractivity contribution in [2.45, 2.75) is 33.2 Å². The van der Waals surface area contributed by atoms with Crippen LogP contribution in [0.1, 0.15) is 32.3 Å². The first-order valence-corrected chi connectivity index (χ1v) is 6.54. The molecule has 0 aliphatic carbocycles. The summed E-state index contributed by atoms with van der Waals surface area (Å²) in [5, 5.41) is 40.9. The highest BCUT2D eigenvalue weighted by Crippen LogP contribution is 2.37. The van der Waals surface area contributed by atoms with Crippen molar-refractivity contribution in [1.82, 2.24) is 5.32 Å². The number of nitrogens with one attached hydrogen (secondary N) is 1. The van der Waals surface area contributed by atoms with Crippen molar-refractivity contribution < 1.29 is 20.4 Å². The predicted molar refractivity (Wildman–Crippen MR) is 73.2 cm³/mol. The first-order valence-electron chi connectivity index (χ1n) is 6.54. The number of benzene rings is 1. The van der Waals surface area contributed by atoms with Crippen LogP contribution in [0.4, 0.5) is 0 Å². The minimum atomic E-state index is -0.501. The summed E-state index contributed by atoms with van der Waals surface area (Å²) in [4.78, 5) is 0. The summed E-state index contributed by atoms with van der Waals surface area (Å²) < 4.78 is 0. The first-order chi connectivity index (χ1) is 8.99. The molecule has 5 nitrogen and oxygen atoms in total. The molecule has 0 saturated carbocycles. The van der Waals surface area contributed by atoms with Crippen LogP contribution in [0.15, 0.2) is 12.1 Å². The normalized spacial score (nSPS) is 11.7. The maximum absolute atomic E-state index is 9.68. The van der Waals surface area contributed by atoms with E-state index in [4.69, 9.17) is 0 Å². The van der Waals surface area contributed by atoms with Gasteiger partial charge in [0.2, 0.25) is 5.75 Å². The molecule has 0 spiro atoms. The molecule has 0 amide bonds. The molecule has 0 fully saturated rings. The Bertz CT molecular complexity index is 408. The molecular weight excluding hydrogens is 246 g/mol. The summed E-state index contributed by atoms with van der Waals surface area (Å²) >= 11 is 0. The van der Waals surface area contributed by atoms with Gasteiger partial charge in [0.1, 0.15) is 0 Å². The van der Waals surface area contributed by atoms with Gasteiger partial charge < -0.3 is 25.7 Å². The summed E-state index contributed by atoms with van der Waals surface area (Å²) in [6.07, 6.45) is 1.72. The van der Waals surface area contributed by atoms with E-state index in [1.807, 2.05) is 13.8 Å². The van der Waals surface area contributed by atoms with Crippen molar-refractivity contribution in [2.24, 2.45) is 5.41 Å². The second-order valence-corrected chi connectivity index (χ2v) is 4.91. The zero-order valence-electron chi connectivity index (χ0n) is 11.5. The summed E-state index contributed by atoms with van der Waals surface area (Å²) in [5.41, 5.74) is 0.351. The fourth-order valence-electron chi connectivity index (χ4n) is 2.00. The Balaban J connectivity index is 2.65. The minimum absolute atomic E-state index is 0.111. The Morgan fingerprint density at radius 3 is 2.21 bits per heavy atom. The molecule has 0 heterocycles. The average molecular weight is 269 g/mol. The van der Waals surface area contributed by atoms with Gasteiger partial charge in [0.05, 0.1) is 0 Å². The molecule has 0 aliphatic heterocycles. The lowest BCUT2D eigenvalue weighted by Crippen LogP contribution is -2.36. The van der Waals surface area contributed by atoms with Crippen LogP contribution in [0, 0.1) is 5.41 Å². The number of rotatable bonds is 7. The van der Waals surface area contributed by atoms with Crippen molar-refractivity contribution in [3.05, 3.63) is 17.7 Å². The van der Waals surface area contributed by atoms with E-state index in [0.29, 0.717) is 18.7 Å². The zero-order valence-corrected chi connectivity index (χ0v) is 11.5.